The van der Waals surface area contributed by atoms with Gasteiger partial charge in [0.15, 0.2) is 0 Å². The van der Waals surface area contributed by atoms with E-state index >= 15 is 0 Å². The second-order valence-corrected chi connectivity index (χ2v) is 5.32. The molecule has 2 aromatic heterocycles. The van der Waals surface area contributed by atoms with E-state index < -0.39 is 0 Å². The van der Waals surface area contributed by atoms with Gasteiger partial charge in [-0.05, 0) is 32.4 Å². The number of imidazole rings is 1. The summed E-state index contributed by atoms with van der Waals surface area (Å²) in [7, 11) is 0. The van der Waals surface area contributed by atoms with E-state index in [1.165, 1.54) is 10.9 Å². The van der Waals surface area contributed by atoms with Crippen LogP contribution in [0.25, 0.3) is 11.0 Å². The number of nitrogens with one attached hydrogen (secondary N) is 1. The number of hydrogen-bond acceptors (Lipinski definition) is 3. The van der Waals surface area contributed by atoms with E-state index in [2.05, 4.69) is 27.0 Å². The van der Waals surface area contributed by atoms with Crippen molar-refractivity contribution in [2.45, 2.75) is 32.9 Å². The van der Waals surface area contributed by atoms with Crippen molar-refractivity contribution in [3.63, 3.8) is 0 Å². The smallest absolute Gasteiger partial charge is 0.134 e. The van der Waals surface area contributed by atoms with Crippen LogP contribution < -0.4 is 5.32 Å². The fraction of sp³-hybridized carbons (Fsp3) is 0.353. The third-order valence-electron chi connectivity index (χ3n) is 3.78. The van der Waals surface area contributed by atoms with Gasteiger partial charge in [-0.1, -0.05) is 18.2 Å². The molecule has 2 heterocycles. The number of furan rings is 1. The molecule has 0 amide bonds. The van der Waals surface area contributed by atoms with Crippen LogP contribution in [0.2, 0.25) is 0 Å². The summed E-state index contributed by atoms with van der Waals surface area (Å²) >= 11 is 0. The monoisotopic (exact) mass is 283 g/mol. The molecule has 0 spiro atoms. The molecular formula is C17H21N3O. The van der Waals surface area contributed by atoms with E-state index in [1.807, 2.05) is 37.8 Å². The number of aryl methyl sites for hydroxylation is 2. The van der Waals surface area contributed by atoms with Crippen molar-refractivity contribution >= 4 is 11.0 Å². The molecule has 0 saturated carbocycles. The highest BCUT2D eigenvalue weighted by molar-refractivity contribution is 5.82. The van der Waals surface area contributed by atoms with Gasteiger partial charge in [0.2, 0.25) is 0 Å². The van der Waals surface area contributed by atoms with Crippen LogP contribution in [0.1, 0.15) is 24.2 Å². The van der Waals surface area contributed by atoms with E-state index in [4.69, 9.17) is 4.42 Å². The van der Waals surface area contributed by atoms with Crippen LogP contribution in [0.5, 0.6) is 0 Å². The first-order chi connectivity index (χ1) is 10.3. The molecule has 0 radical (unpaired) electrons. The summed E-state index contributed by atoms with van der Waals surface area (Å²) in [6.45, 7) is 4.97. The molecule has 0 aliphatic heterocycles. The van der Waals surface area contributed by atoms with Crippen molar-refractivity contribution in [3.8, 4) is 0 Å². The van der Waals surface area contributed by atoms with E-state index in [9.17, 15) is 0 Å². The van der Waals surface area contributed by atoms with Gasteiger partial charge in [-0.25, -0.2) is 4.98 Å². The summed E-state index contributed by atoms with van der Waals surface area (Å²) in [5, 5.41) is 4.74. The van der Waals surface area contributed by atoms with E-state index in [1.54, 1.807) is 0 Å². The number of rotatable bonds is 7. The summed E-state index contributed by atoms with van der Waals surface area (Å²) in [6.07, 6.45) is 8.02. The van der Waals surface area contributed by atoms with Crippen LogP contribution in [-0.2, 0) is 13.1 Å². The largest absolute Gasteiger partial charge is 0.461 e. The van der Waals surface area contributed by atoms with Crippen LogP contribution in [0.15, 0.2) is 47.4 Å². The highest BCUT2D eigenvalue weighted by Crippen LogP contribution is 2.24. The average Bonchev–Trinajstić information content (AvgIpc) is 3.10. The summed E-state index contributed by atoms with van der Waals surface area (Å²) in [6, 6.07) is 8.23. The highest BCUT2D eigenvalue weighted by Gasteiger charge is 2.09. The lowest BCUT2D eigenvalue weighted by Crippen LogP contribution is -2.15. The van der Waals surface area contributed by atoms with Crippen LogP contribution in [0.3, 0.4) is 0 Å². The van der Waals surface area contributed by atoms with Crippen molar-refractivity contribution in [1.82, 2.24) is 14.9 Å². The molecule has 3 rings (SSSR count). The Hall–Kier alpha value is -2.07. The van der Waals surface area contributed by atoms with Gasteiger partial charge in [0, 0.05) is 36.4 Å². The topological polar surface area (TPSA) is 43.0 Å². The maximum Gasteiger partial charge on any atom is 0.134 e. The maximum atomic E-state index is 5.78. The zero-order chi connectivity index (χ0) is 14.5. The fourth-order valence-corrected chi connectivity index (χ4v) is 2.62. The van der Waals surface area contributed by atoms with Gasteiger partial charge in [-0.2, -0.15) is 0 Å². The fourth-order valence-electron chi connectivity index (χ4n) is 2.62. The Labute approximate surface area is 124 Å². The normalized spacial score (nSPS) is 11.3. The lowest BCUT2D eigenvalue weighted by atomic mass is 10.1. The van der Waals surface area contributed by atoms with Crippen molar-refractivity contribution < 1.29 is 4.42 Å². The van der Waals surface area contributed by atoms with Gasteiger partial charge in [0.1, 0.15) is 11.3 Å². The van der Waals surface area contributed by atoms with E-state index in [-0.39, 0.29) is 0 Å². The molecule has 4 heteroatoms. The Balaban J connectivity index is 1.45. The van der Waals surface area contributed by atoms with Crippen molar-refractivity contribution in [1.29, 1.82) is 0 Å². The quantitative estimate of drug-likeness (QED) is 0.675. The highest BCUT2D eigenvalue weighted by atomic mass is 16.3. The molecule has 0 unspecified atom stereocenters. The lowest BCUT2D eigenvalue weighted by molar-refractivity contribution is 0.550. The van der Waals surface area contributed by atoms with Crippen LogP contribution >= 0.6 is 0 Å². The minimum atomic E-state index is 0.869. The SMILES string of the molecule is Cc1oc2ccccc2c1CNCCCCn1ccnc1. The van der Waals surface area contributed by atoms with Gasteiger partial charge < -0.3 is 14.3 Å². The van der Waals surface area contributed by atoms with Gasteiger partial charge in [0.25, 0.3) is 0 Å². The summed E-state index contributed by atoms with van der Waals surface area (Å²) in [5.74, 6) is 1.02. The third kappa shape index (κ3) is 3.34. The van der Waals surface area contributed by atoms with Crippen LogP contribution in [0.4, 0.5) is 0 Å². The first kappa shape index (κ1) is 13.9. The number of aromatic nitrogens is 2. The molecule has 0 bridgehead atoms. The first-order valence-corrected chi connectivity index (χ1v) is 7.48. The third-order valence-corrected chi connectivity index (χ3v) is 3.78. The molecule has 1 aromatic carbocycles. The molecule has 21 heavy (non-hydrogen) atoms. The Morgan fingerprint density at radius 3 is 3.00 bits per heavy atom. The Kier molecular flexibility index (Phi) is 4.36. The van der Waals surface area contributed by atoms with Crippen LogP contribution in [0, 0.1) is 6.92 Å². The molecule has 110 valence electrons. The van der Waals surface area contributed by atoms with E-state index in [0.717, 1.165) is 43.8 Å². The second-order valence-electron chi connectivity index (χ2n) is 5.32. The van der Waals surface area contributed by atoms with Gasteiger partial charge in [-0.15, -0.1) is 0 Å². The predicted molar refractivity (Wildman–Crippen MR) is 84.1 cm³/mol. The minimum absolute atomic E-state index is 0.869. The van der Waals surface area contributed by atoms with E-state index in [0.29, 0.717) is 0 Å². The minimum Gasteiger partial charge on any atom is -0.461 e. The summed E-state index contributed by atoms with van der Waals surface area (Å²) in [5.41, 5.74) is 2.26. The molecule has 0 atom stereocenters. The zero-order valence-electron chi connectivity index (χ0n) is 12.4. The van der Waals surface area contributed by atoms with Crippen molar-refractivity contribution in [2.75, 3.05) is 6.54 Å². The van der Waals surface area contributed by atoms with Gasteiger partial charge in [-0.3, -0.25) is 0 Å². The number of nitrogens with zero attached hydrogens (tertiary/aromatic N) is 2. The average molecular weight is 283 g/mol. The predicted octanol–water partition coefficient (Wildman–Crippen LogP) is 3.51. The molecular weight excluding hydrogens is 262 g/mol. The van der Waals surface area contributed by atoms with Crippen LogP contribution in [-0.4, -0.2) is 16.1 Å². The Bertz CT molecular complexity index is 685. The maximum absolute atomic E-state index is 5.78. The van der Waals surface area contributed by atoms with Gasteiger partial charge in [0.05, 0.1) is 6.33 Å². The molecule has 3 aromatic rings. The molecule has 0 saturated heterocycles. The lowest BCUT2D eigenvalue weighted by Gasteiger charge is -2.05. The summed E-state index contributed by atoms with van der Waals surface area (Å²) < 4.78 is 7.89. The molecule has 1 N–H and O–H groups in total. The summed E-state index contributed by atoms with van der Waals surface area (Å²) in [4.78, 5) is 4.05. The molecule has 0 aliphatic carbocycles. The van der Waals surface area contributed by atoms with Crippen molar-refractivity contribution in [2.24, 2.45) is 0 Å². The van der Waals surface area contributed by atoms with Crippen molar-refractivity contribution in [3.05, 3.63) is 54.3 Å². The molecule has 4 nitrogen and oxygen atoms in total. The zero-order valence-corrected chi connectivity index (χ0v) is 12.4. The number of hydrogen-bond donors (Lipinski definition) is 1. The number of para-hydroxylation sites is 1. The standard InChI is InChI=1S/C17H21N3O/c1-14-16(15-6-2-3-7-17(15)21-14)12-18-8-4-5-10-20-11-9-19-13-20/h2-3,6-7,9,11,13,18H,4-5,8,10,12H2,1H3. The Morgan fingerprint density at radius 2 is 2.14 bits per heavy atom. The molecule has 0 fully saturated rings. The number of benzene rings is 1. The number of unbranched alkanes of at least 4 members (excludes halogenated alkanes) is 1. The van der Waals surface area contributed by atoms with Gasteiger partial charge >= 0.3 is 0 Å². The second kappa shape index (κ2) is 6.59. The molecule has 0 aliphatic rings. The first-order valence-electron chi connectivity index (χ1n) is 7.48. The number of fused-ring (bicyclic) bond motifs is 1. The Morgan fingerprint density at radius 1 is 1.24 bits per heavy atom.